The van der Waals surface area contributed by atoms with Gasteiger partial charge in [0.15, 0.2) is 16.7 Å². The van der Waals surface area contributed by atoms with E-state index in [9.17, 15) is 4.79 Å². The summed E-state index contributed by atoms with van der Waals surface area (Å²) in [7, 11) is 0. The Labute approximate surface area is 191 Å². The number of nitrogens with one attached hydrogen (secondary N) is 2. The number of pyridine rings is 1. The van der Waals surface area contributed by atoms with E-state index < -0.39 is 0 Å². The Balaban J connectivity index is 1.43. The van der Waals surface area contributed by atoms with Crippen LogP contribution in [0.5, 0.6) is 5.75 Å². The van der Waals surface area contributed by atoms with Crippen LogP contribution in [0.4, 0.5) is 10.9 Å². The Kier molecular flexibility index (Phi) is 6.77. The zero-order chi connectivity index (χ0) is 22.3. The summed E-state index contributed by atoms with van der Waals surface area (Å²) >= 11 is 1.49. The highest BCUT2D eigenvalue weighted by Crippen LogP contribution is 2.30. The van der Waals surface area contributed by atoms with Crippen LogP contribution in [0.25, 0.3) is 0 Å². The fourth-order valence-electron chi connectivity index (χ4n) is 3.15. The van der Waals surface area contributed by atoms with Crippen LogP contribution in [0.2, 0.25) is 0 Å². The molecule has 0 aliphatic heterocycles. The van der Waals surface area contributed by atoms with Gasteiger partial charge in [0.25, 0.3) is 5.91 Å². The molecule has 4 aromatic rings. The van der Waals surface area contributed by atoms with Gasteiger partial charge in [0, 0.05) is 29.9 Å². The van der Waals surface area contributed by atoms with Crippen molar-refractivity contribution >= 4 is 28.2 Å². The Hall–Kier alpha value is -3.71. The highest BCUT2D eigenvalue weighted by Gasteiger charge is 2.14. The number of aryl methyl sites for hydroxylation is 1. The van der Waals surface area contributed by atoms with Crippen molar-refractivity contribution < 1.29 is 9.53 Å². The second kappa shape index (κ2) is 10.1. The number of carbonyl (C=O) groups is 1. The molecule has 4 rings (SSSR count). The Morgan fingerprint density at radius 1 is 1.06 bits per heavy atom. The van der Waals surface area contributed by atoms with Gasteiger partial charge in [-0.15, -0.1) is 11.3 Å². The summed E-state index contributed by atoms with van der Waals surface area (Å²) < 4.78 is 6.18. The molecule has 2 aromatic carbocycles. The summed E-state index contributed by atoms with van der Waals surface area (Å²) in [6.07, 6.45) is 3.15. The van der Waals surface area contributed by atoms with Gasteiger partial charge in [-0.2, -0.15) is 0 Å². The summed E-state index contributed by atoms with van der Waals surface area (Å²) in [5, 5.41) is 8.80. The number of benzene rings is 2. The average molecular weight is 445 g/mol. The SMILES string of the molecule is Cc1ccc(CNC(=O)c2cccc(C(C)Oc3cccnc3Nc3nccs3)c2)cc1. The lowest BCUT2D eigenvalue weighted by molar-refractivity contribution is 0.0950. The number of rotatable bonds is 8. The van der Waals surface area contributed by atoms with Crippen molar-refractivity contribution in [2.75, 3.05) is 5.32 Å². The van der Waals surface area contributed by atoms with Gasteiger partial charge in [0.1, 0.15) is 6.10 Å². The molecule has 32 heavy (non-hydrogen) atoms. The normalized spacial score (nSPS) is 11.6. The summed E-state index contributed by atoms with van der Waals surface area (Å²) in [5.41, 5.74) is 3.75. The molecule has 6 nitrogen and oxygen atoms in total. The Bertz CT molecular complexity index is 1180. The largest absolute Gasteiger partial charge is 0.482 e. The molecule has 0 spiro atoms. The molecule has 2 N–H and O–H groups in total. The van der Waals surface area contributed by atoms with Gasteiger partial charge in [-0.3, -0.25) is 4.79 Å². The van der Waals surface area contributed by atoms with Gasteiger partial charge in [-0.05, 0) is 49.2 Å². The number of anilines is 2. The van der Waals surface area contributed by atoms with Crippen molar-refractivity contribution in [3.05, 3.63) is 101 Å². The van der Waals surface area contributed by atoms with Gasteiger partial charge in [0.05, 0.1) is 0 Å². The van der Waals surface area contributed by atoms with Gasteiger partial charge in [-0.25, -0.2) is 9.97 Å². The molecule has 7 heteroatoms. The molecular weight excluding hydrogens is 420 g/mol. The predicted molar refractivity (Wildman–Crippen MR) is 127 cm³/mol. The van der Waals surface area contributed by atoms with E-state index in [1.807, 2.05) is 73.8 Å². The van der Waals surface area contributed by atoms with Crippen molar-refractivity contribution in [3.63, 3.8) is 0 Å². The van der Waals surface area contributed by atoms with Crippen LogP contribution in [-0.2, 0) is 6.54 Å². The van der Waals surface area contributed by atoms with Gasteiger partial charge >= 0.3 is 0 Å². The Morgan fingerprint density at radius 3 is 2.69 bits per heavy atom. The summed E-state index contributed by atoms with van der Waals surface area (Å²) in [6, 6.07) is 19.3. The minimum Gasteiger partial charge on any atom is -0.482 e. The fourth-order valence-corrected chi connectivity index (χ4v) is 3.68. The molecule has 0 radical (unpaired) electrons. The van der Waals surface area contributed by atoms with E-state index in [1.54, 1.807) is 18.5 Å². The zero-order valence-electron chi connectivity index (χ0n) is 17.9. The van der Waals surface area contributed by atoms with E-state index in [4.69, 9.17) is 4.74 Å². The Morgan fingerprint density at radius 2 is 1.91 bits per heavy atom. The number of carbonyl (C=O) groups excluding carboxylic acids is 1. The van der Waals surface area contributed by atoms with Crippen molar-refractivity contribution in [1.82, 2.24) is 15.3 Å². The van der Waals surface area contributed by atoms with Crippen LogP contribution in [0.1, 0.15) is 40.1 Å². The molecule has 1 atom stereocenters. The number of nitrogens with zero attached hydrogens (tertiary/aromatic N) is 2. The fraction of sp³-hybridized carbons (Fsp3) is 0.160. The maximum absolute atomic E-state index is 12.7. The monoisotopic (exact) mass is 444 g/mol. The third-order valence-corrected chi connectivity index (χ3v) is 5.61. The van der Waals surface area contributed by atoms with E-state index in [1.165, 1.54) is 16.9 Å². The van der Waals surface area contributed by atoms with Crippen LogP contribution in [0.15, 0.2) is 78.4 Å². The van der Waals surface area contributed by atoms with Crippen molar-refractivity contribution in [2.24, 2.45) is 0 Å². The van der Waals surface area contributed by atoms with Crippen molar-refractivity contribution in [3.8, 4) is 5.75 Å². The van der Waals surface area contributed by atoms with Gasteiger partial charge in [-0.1, -0.05) is 42.0 Å². The number of hydrogen-bond donors (Lipinski definition) is 2. The van der Waals surface area contributed by atoms with Crippen LogP contribution in [0, 0.1) is 6.92 Å². The lowest BCUT2D eigenvalue weighted by Crippen LogP contribution is -2.23. The van der Waals surface area contributed by atoms with E-state index >= 15 is 0 Å². The number of amides is 1. The van der Waals surface area contributed by atoms with Crippen molar-refractivity contribution in [2.45, 2.75) is 26.5 Å². The zero-order valence-corrected chi connectivity index (χ0v) is 18.7. The summed E-state index contributed by atoms with van der Waals surface area (Å²) in [4.78, 5) is 21.3. The smallest absolute Gasteiger partial charge is 0.251 e. The number of ether oxygens (including phenoxy) is 1. The number of aromatic nitrogens is 2. The molecule has 0 saturated heterocycles. The molecule has 162 valence electrons. The molecule has 0 aliphatic rings. The number of hydrogen-bond acceptors (Lipinski definition) is 6. The molecule has 0 saturated carbocycles. The molecule has 0 bridgehead atoms. The highest BCUT2D eigenvalue weighted by molar-refractivity contribution is 7.13. The van der Waals surface area contributed by atoms with E-state index in [0.29, 0.717) is 23.7 Å². The molecular formula is C25H24N4O2S. The van der Waals surface area contributed by atoms with Gasteiger partial charge < -0.3 is 15.4 Å². The third kappa shape index (κ3) is 5.50. The van der Waals surface area contributed by atoms with E-state index in [-0.39, 0.29) is 12.0 Å². The van der Waals surface area contributed by atoms with Crippen LogP contribution in [-0.4, -0.2) is 15.9 Å². The topological polar surface area (TPSA) is 76.1 Å². The molecule has 2 aromatic heterocycles. The first kappa shape index (κ1) is 21.5. The maximum Gasteiger partial charge on any atom is 0.251 e. The maximum atomic E-state index is 12.7. The lowest BCUT2D eigenvalue weighted by Gasteiger charge is -2.18. The molecule has 0 aliphatic carbocycles. The van der Waals surface area contributed by atoms with Crippen LogP contribution in [0.3, 0.4) is 0 Å². The minimum atomic E-state index is -0.277. The summed E-state index contributed by atoms with van der Waals surface area (Å²) in [5.74, 6) is 1.10. The third-order valence-electron chi connectivity index (χ3n) is 4.92. The molecule has 2 heterocycles. The second-order valence-corrected chi connectivity index (χ2v) is 8.26. The molecule has 1 amide bonds. The van der Waals surface area contributed by atoms with Gasteiger partial charge in [0.2, 0.25) is 0 Å². The average Bonchev–Trinajstić information content (AvgIpc) is 3.33. The number of thiazole rings is 1. The first-order valence-corrected chi connectivity index (χ1v) is 11.2. The minimum absolute atomic E-state index is 0.118. The second-order valence-electron chi connectivity index (χ2n) is 7.37. The van der Waals surface area contributed by atoms with Crippen molar-refractivity contribution in [1.29, 1.82) is 0 Å². The standard InChI is InChI=1S/C25H24N4O2S/c1-17-8-10-19(11-9-17)16-28-24(30)21-6-3-5-20(15-21)18(2)31-22-7-4-12-26-23(22)29-25-27-13-14-32-25/h3-15,18H,16H2,1-2H3,(H,28,30)(H,26,27,29). The lowest BCUT2D eigenvalue weighted by atomic mass is 10.1. The van der Waals surface area contributed by atoms with E-state index in [2.05, 4.69) is 20.6 Å². The summed E-state index contributed by atoms with van der Waals surface area (Å²) in [6.45, 7) is 4.47. The molecule has 0 fully saturated rings. The van der Waals surface area contributed by atoms with Crippen LogP contribution >= 0.6 is 11.3 Å². The quantitative estimate of drug-likeness (QED) is 0.367. The molecule has 1 unspecified atom stereocenters. The van der Waals surface area contributed by atoms with E-state index in [0.717, 1.165) is 16.3 Å². The van der Waals surface area contributed by atoms with Crippen LogP contribution < -0.4 is 15.4 Å². The first-order valence-electron chi connectivity index (χ1n) is 10.3. The highest BCUT2D eigenvalue weighted by atomic mass is 32.1. The first-order chi connectivity index (χ1) is 15.6. The predicted octanol–water partition coefficient (Wildman–Crippen LogP) is 5.66.